The van der Waals surface area contributed by atoms with Crippen molar-refractivity contribution in [3.63, 3.8) is 0 Å². The molecule has 0 aromatic heterocycles. The second-order valence-electron chi connectivity index (χ2n) is 3.78. The van der Waals surface area contributed by atoms with E-state index in [2.05, 4.69) is 5.32 Å². The van der Waals surface area contributed by atoms with Gasteiger partial charge in [0.15, 0.2) is 9.84 Å². The first-order chi connectivity index (χ1) is 6.22. The van der Waals surface area contributed by atoms with Crippen LogP contribution in [0.15, 0.2) is 0 Å². The quantitative estimate of drug-likeness (QED) is 0.633. The molecule has 84 valence electrons. The largest absolute Gasteiger partial charge is 0.354 e. The van der Waals surface area contributed by atoms with Crippen molar-refractivity contribution in [3.05, 3.63) is 0 Å². The highest BCUT2D eigenvalue weighted by atomic mass is 32.2. The highest BCUT2D eigenvalue weighted by molar-refractivity contribution is 7.91. The number of sulfone groups is 1. The summed E-state index contributed by atoms with van der Waals surface area (Å²) in [4.78, 5) is 11.0. The van der Waals surface area contributed by atoms with Crippen molar-refractivity contribution in [1.29, 1.82) is 0 Å². The highest BCUT2D eigenvalue weighted by Gasteiger charge is 2.13. The summed E-state index contributed by atoms with van der Waals surface area (Å²) in [5.41, 5.74) is 5.66. The van der Waals surface area contributed by atoms with Gasteiger partial charge in [0, 0.05) is 18.8 Å². The molecule has 0 aliphatic heterocycles. The molecule has 0 saturated heterocycles. The first kappa shape index (κ1) is 13.4. The van der Waals surface area contributed by atoms with Crippen LogP contribution in [-0.4, -0.2) is 38.9 Å². The van der Waals surface area contributed by atoms with Gasteiger partial charge >= 0.3 is 0 Å². The molecule has 1 amide bonds. The third-order valence-corrected chi connectivity index (χ3v) is 2.57. The molecule has 0 aromatic carbocycles. The minimum atomic E-state index is -3.24. The average molecular weight is 222 g/mol. The van der Waals surface area contributed by atoms with Gasteiger partial charge in [-0.2, -0.15) is 0 Å². The lowest BCUT2D eigenvalue weighted by Crippen LogP contribution is -2.42. The van der Waals surface area contributed by atoms with Crippen molar-refractivity contribution in [2.75, 3.05) is 18.6 Å². The van der Waals surface area contributed by atoms with Crippen LogP contribution in [0, 0.1) is 5.92 Å². The molecule has 0 saturated carbocycles. The predicted octanol–water partition coefficient (Wildman–Crippen LogP) is -0.869. The molecule has 14 heavy (non-hydrogen) atoms. The van der Waals surface area contributed by atoms with Crippen molar-refractivity contribution in [2.45, 2.75) is 19.9 Å². The maximum absolute atomic E-state index is 11.0. The Hall–Kier alpha value is -0.620. The van der Waals surface area contributed by atoms with Crippen LogP contribution in [0.4, 0.5) is 0 Å². The number of nitrogens with two attached hydrogens (primary N) is 1. The van der Waals surface area contributed by atoms with Gasteiger partial charge < -0.3 is 11.1 Å². The summed E-state index contributed by atoms with van der Waals surface area (Å²) in [7, 11) is -3.24. The minimum Gasteiger partial charge on any atom is -0.354 e. The van der Waals surface area contributed by atoms with Gasteiger partial charge in [0.25, 0.3) is 0 Å². The first-order valence-electron chi connectivity index (χ1n) is 4.42. The Labute approximate surface area is 85.0 Å². The van der Waals surface area contributed by atoms with Crippen LogP contribution in [0.3, 0.4) is 0 Å². The van der Waals surface area contributed by atoms with E-state index in [1.54, 1.807) is 0 Å². The van der Waals surface area contributed by atoms with Crippen molar-refractivity contribution in [3.8, 4) is 0 Å². The molecule has 0 spiro atoms. The van der Waals surface area contributed by atoms with Gasteiger partial charge in [-0.05, 0) is 5.92 Å². The third kappa shape index (κ3) is 6.85. The zero-order valence-electron chi connectivity index (χ0n) is 8.78. The lowest BCUT2D eigenvalue weighted by molar-refractivity contribution is -0.118. The topological polar surface area (TPSA) is 89.3 Å². The summed E-state index contributed by atoms with van der Waals surface area (Å²) >= 11 is 0. The highest BCUT2D eigenvalue weighted by Crippen LogP contribution is 1.95. The molecule has 6 heteroatoms. The van der Waals surface area contributed by atoms with E-state index in [1.807, 2.05) is 13.8 Å². The maximum Gasteiger partial charge on any atom is 0.235 e. The van der Waals surface area contributed by atoms with Crippen LogP contribution in [0.25, 0.3) is 0 Å². The molecule has 5 nitrogen and oxygen atoms in total. The number of hydrogen-bond acceptors (Lipinski definition) is 4. The number of hydrogen-bond donors (Lipinski definition) is 2. The van der Waals surface area contributed by atoms with E-state index in [0.29, 0.717) is 6.54 Å². The van der Waals surface area contributed by atoms with E-state index in [1.165, 1.54) is 0 Å². The van der Waals surface area contributed by atoms with E-state index in [0.717, 1.165) is 6.26 Å². The second kappa shape index (κ2) is 5.31. The zero-order chi connectivity index (χ0) is 11.4. The Bertz CT molecular complexity index is 285. The minimum absolute atomic E-state index is 0.140. The van der Waals surface area contributed by atoms with Crippen LogP contribution in [0.5, 0.6) is 0 Å². The SMILES string of the molecule is CC(C)C(N)CNC(=O)CS(C)(=O)=O. The Morgan fingerprint density at radius 3 is 2.29 bits per heavy atom. The molecule has 3 N–H and O–H groups in total. The van der Waals surface area contributed by atoms with Crippen molar-refractivity contribution in [2.24, 2.45) is 11.7 Å². The molecule has 1 unspecified atom stereocenters. The summed E-state index contributed by atoms with van der Waals surface area (Å²) in [5, 5.41) is 2.48. The molecule has 0 heterocycles. The summed E-state index contributed by atoms with van der Waals surface area (Å²) in [6.45, 7) is 4.19. The monoisotopic (exact) mass is 222 g/mol. The van der Waals surface area contributed by atoms with Gasteiger partial charge in [-0.1, -0.05) is 13.8 Å². The molecular weight excluding hydrogens is 204 g/mol. The number of carbonyl (C=O) groups excluding carboxylic acids is 1. The molecule has 0 bridgehead atoms. The fourth-order valence-electron chi connectivity index (χ4n) is 0.757. The molecule has 0 aliphatic carbocycles. The molecule has 0 aliphatic rings. The number of nitrogens with one attached hydrogen (secondary N) is 1. The fourth-order valence-corrected chi connectivity index (χ4v) is 1.33. The summed E-state index contributed by atoms with van der Waals surface area (Å²) in [6.07, 6.45) is 1.02. The Morgan fingerprint density at radius 2 is 1.93 bits per heavy atom. The first-order valence-corrected chi connectivity index (χ1v) is 6.48. The average Bonchev–Trinajstić information content (AvgIpc) is 1.96. The molecule has 0 radical (unpaired) electrons. The van der Waals surface area contributed by atoms with E-state index in [9.17, 15) is 13.2 Å². The summed E-state index contributed by atoms with van der Waals surface area (Å²) in [6, 6.07) is -0.140. The van der Waals surface area contributed by atoms with Crippen LogP contribution in [0.2, 0.25) is 0 Å². The predicted molar refractivity (Wildman–Crippen MR) is 55.5 cm³/mol. The Kier molecular flexibility index (Phi) is 5.07. The number of carbonyl (C=O) groups is 1. The lowest BCUT2D eigenvalue weighted by Gasteiger charge is -2.15. The van der Waals surface area contributed by atoms with Gasteiger partial charge in [-0.25, -0.2) is 8.42 Å². The van der Waals surface area contributed by atoms with Crippen molar-refractivity contribution >= 4 is 15.7 Å². The van der Waals surface area contributed by atoms with Gasteiger partial charge in [0.1, 0.15) is 5.75 Å². The maximum atomic E-state index is 11.0. The number of amides is 1. The van der Waals surface area contributed by atoms with Gasteiger partial charge in [0.05, 0.1) is 0 Å². The van der Waals surface area contributed by atoms with E-state index in [-0.39, 0.29) is 12.0 Å². The van der Waals surface area contributed by atoms with Crippen LogP contribution < -0.4 is 11.1 Å². The van der Waals surface area contributed by atoms with Crippen molar-refractivity contribution < 1.29 is 13.2 Å². The van der Waals surface area contributed by atoms with Crippen LogP contribution in [-0.2, 0) is 14.6 Å². The normalized spacial score (nSPS) is 14.1. The lowest BCUT2D eigenvalue weighted by atomic mass is 10.1. The summed E-state index contributed by atoms with van der Waals surface area (Å²) < 4.78 is 21.5. The van der Waals surface area contributed by atoms with Gasteiger partial charge in [-0.3, -0.25) is 4.79 Å². The second-order valence-corrected chi connectivity index (χ2v) is 5.92. The summed E-state index contributed by atoms with van der Waals surface area (Å²) in [5.74, 6) is -0.713. The molecule has 0 rings (SSSR count). The smallest absolute Gasteiger partial charge is 0.235 e. The molecule has 0 aromatic rings. The van der Waals surface area contributed by atoms with Gasteiger partial charge in [-0.15, -0.1) is 0 Å². The van der Waals surface area contributed by atoms with E-state index < -0.39 is 21.5 Å². The van der Waals surface area contributed by atoms with E-state index in [4.69, 9.17) is 5.73 Å². The molecular formula is C8H18N2O3S. The zero-order valence-corrected chi connectivity index (χ0v) is 9.60. The standard InChI is InChI=1S/C8H18N2O3S/c1-6(2)7(9)4-10-8(11)5-14(3,12)13/h6-7H,4-5,9H2,1-3H3,(H,10,11). The van der Waals surface area contributed by atoms with E-state index >= 15 is 0 Å². The molecule has 0 fully saturated rings. The van der Waals surface area contributed by atoms with Crippen molar-refractivity contribution in [1.82, 2.24) is 5.32 Å². The third-order valence-electron chi connectivity index (χ3n) is 1.78. The number of rotatable bonds is 5. The van der Waals surface area contributed by atoms with Crippen LogP contribution >= 0.6 is 0 Å². The van der Waals surface area contributed by atoms with Gasteiger partial charge in [0.2, 0.25) is 5.91 Å². The van der Waals surface area contributed by atoms with Crippen LogP contribution in [0.1, 0.15) is 13.8 Å². The fraction of sp³-hybridized carbons (Fsp3) is 0.875. The Balaban J connectivity index is 3.87. The molecule has 1 atom stereocenters. The Morgan fingerprint density at radius 1 is 1.43 bits per heavy atom.